The van der Waals surface area contributed by atoms with Crippen LogP contribution in [0, 0.1) is 13.8 Å². The van der Waals surface area contributed by atoms with Gasteiger partial charge in [-0.15, -0.1) is 11.3 Å². The van der Waals surface area contributed by atoms with Crippen molar-refractivity contribution in [2.24, 2.45) is 0 Å². The minimum atomic E-state index is -3.48. The summed E-state index contributed by atoms with van der Waals surface area (Å²) in [6.07, 6.45) is 1.87. The maximum absolute atomic E-state index is 13.1. The molecule has 2 aromatic rings. The highest BCUT2D eigenvalue weighted by atomic mass is 32.2. The fourth-order valence-corrected chi connectivity index (χ4v) is 7.31. The smallest absolute Gasteiger partial charge is 0.244 e. The van der Waals surface area contributed by atoms with Crippen LogP contribution in [0.3, 0.4) is 0 Å². The highest BCUT2D eigenvalue weighted by Gasteiger charge is 2.32. The minimum Gasteiger partial charge on any atom is -0.497 e. The average Bonchev–Trinajstić information content (AvgIpc) is 3.12. The van der Waals surface area contributed by atoms with Crippen LogP contribution < -0.4 is 9.64 Å². The van der Waals surface area contributed by atoms with Crippen LogP contribution in [0.25, 0.3) is 0 Å². The topological polar surface area (TPSA) is 70.2 Å². The second-order valence-electron chi connectivity index (χ2n) is 8.10. The van der Waals surface area contributed by atoms with E-state index >= 15 is 0 Å². The fraction of sp³-hybridized carbons (Fsp3) is 0.500. The van der Waals surface area contributed by atoms with E-state index in [1.807, 2.05) is 36.9 Å². The summed E-state index contributed by atoms with van der Waals surface area (Å²) in [5, 5.41) is 0. The number of benzene rings is 1. The van der Waals surface area contributed by atoms with Gasteiger partial charge in [-0.2, -0.15) is 4.31 Å². The van der Waals surface area contributed by atoms with Gasteiger partial charge < -0.3 is 9.64 Å². The number of nitrogens with zero attached hydrogens (tertiary/aromatic N) is 3. The van der Waals surface area contributed by atoms with E-state index in [0.717, 1.165) is 39.6 Å². The van der Waals surface area contributed by atoms with E-state index in [9.17, 15) is 13.2 Å². The Morgan fingerprint density at radius 1 is 1.10 bits per heavy atom. The zero-order valence-corrected chi connectivity index (χ0v) is 19.9. The minimum absolute atomic E-state index is 0.0618. The van der Waals surface area contributed by atoms with Crippen LogP contribution >= 0.6 is 11.3 Å². The van der Waals surface area contributed by atoms with E-state index in [4.69, 9.17) is 4.74 Å². The zero-order chi connectivity index (χ0) is 22.2. The third kappa shape index (κ3) is 4.50. The number of anilines is 1. The van der Waals surface area contributed by atoms with Gasteiger partial charge in [0.1, 0.15) is 5.75 Å². The maximum Gasteiger partial charge on any atom is 0.244 e. The van der Waals surface area contributed by atoms with E-state index in [2.05, 4.69) is 4.90 Å². The molecule has 4 rings (SSSR count). The van der Waals surface area contributed by atoms with E-state index in [-0.39, 0.29) is 5.91 Å². The van der Waals surface area contributed by atoms with Crippen LogP contribution in [0.4, 0.5) is 5.69 Å². The van der Waals surface area contributed by atoms with Crippen molar-refractivity contribution in [1.82, 2.24) is 9.21 Å². The second kappa shape index (κ2) is 8.90. The third-order valence-corrected chi connectivity index (χ3v) is 9.13. The lowest BCUT2D eigenvalue weighted by Crippen LogP contribution is -2.52. The van der Waals surface area contributed by atoms with Gasteiger partial charge in [-0.25, -0.2) is 8.42 Å². The van der Waals surface area contributed by atoms with Gasteiger partial charge in [0.25, 0.3) is 0 Å². The summed E-state index contributed by atoms with van der Waals surface area (Å²) in [5.41, 5.74) is 2.10. The highest BCUT2D eigenvalue weighted by molar-refractivity contribution is 7.89. The Morgan fingerprint density at radius 3 is 2.48 bits per heavy atom. The van der Waals surface area contributed by atoms with E-state index in [1.165, 1.54) is 11.3 Å². The van der Waals surface area contributed by atoms with Crippen LogP contribution in [-0.4, -0.2) is 69.9 Å². The van der Waals surface area contributed by atoms with Crippen LogP contribution in [0.1, 0.15) is 21.7 Å². The Bertz CT molecular complexity index is 1070. The first-order valence-electron chi connectivity index (χ1n) is 10.6. The number of aryl methyl sites for hydroxylation is 3. The standard InChI is InChI=1S/C22H29N3O4S2/c1-16-13-21(17(2)30-16)31(27,28)24-11-9-23(10-12-24)15-22(26)25-8-4-5-18-14-19(29-3)6-7-20(18)25/h6-7,13-14H,4-5,8-12,15H2,1-3H3. The molecule has 1 aromatic heterocycles. The number of carbonyl (C=O) groups excluding carboxylic acids is 1. The molecule has 9 heteroatoms. The summed E-state index contributed by atoms with van der Waals surface area (Å²) >= 11 is 1.51. The largest absolute Gasteiger partial charge is 0.497 e. The molecule has 0 saturated carbocycles. The van der Waals surface area contributed by atoms with Crippen LogP contribution in [0.15, 0.2) is 29.2 Å². The van der Waals surface area contributed by atoms with Crippen molar-refractivity contribution in [3.05, 3.63) is 39.6 Å². The molecular formula is C22H29N3O4S2. The van der Waals surface area contributed by atoms with Crippen LogP contribution in [-0.2, 0) is 21.2 Å². The number of fused-ring (bicyclic) bond motifs is 1. The fourth-order valence-electron chi connectivity index (χ4n) is 4.37. The quantitative estimate of drug-likeness (QED) is 0.682. The van der Waals surface area contributed by atoms with Crippen molar-refractivity contribution in [1.29, 1.82) is 0 Å². The van der Waals surface area contributed by atoms with Crippen molar-refractivity contribution in [2.75, 3.05) is 51.3 Å². The molecule has 31 heavy (non-hydrogen) atoms. The Kier molecular flexibility index (Phi) is 6.39. The summed E-state index contributed by atoms with van der Waals surface area (Å²) < 4.78 is 32.9. The first-order chi connectivity index (χ1) is 14.8. The number of piperazine rings is 1. The number of rotatable bonds is 5. The maximum atomic E-state index is 13.1. The highest BCUT2D eigenvalue weighted by Crippen LogP contribution is 2.31. The summed E-state index contributed by atoms with van der Waals surface area (Å²) in [4.78, 5) is 19.2. The van der Waals surface area contributed by atoms with Crippen molar-refractivity contribution >= 4 is 33.0 Å². The molecule has 0 radical (unpaired) electrons. The SMILES string of the molecule is COc1ccc2c(c1)CCCN2C(=O)CN1CCN(S(=O)(=O)c2cc(C)sc2C)CC1. The average molecular weight is 464 g/mol. The lowest BCUT2D eigenvalue weighted by atomic mass is 10.0. The molecule has 0 unspecified atom stereocenters. The number of methoxy groups -OCH3 is 1. The zero-order valence-electron chi connectivity index (χ0n) is 18.3. The van der Waals surface area contributed by atoms with Crippen LogP contribution in [0.2, 0.25) is 0 Å². The van der Waals surface area contributed by atoms with E-state index in [0.29, 0.717) is 44.2 Å². The number of ether oxygens (including phenoxy) is 1. The Hall–Kier alpha value is -1.94. The Balaban J connectivity index is 1.39. The molecule has 1 fully saturated rings. The van der Waals surface area contributed by atoms with E-state index in [1.54, 1.807) is 17.5 Å². The number of hydrogen-bond donors (Lipinski definition) is 0. The lowest BCUT2D eigenvalue weighted by Gasteiger charge is -2.36. The van der Waals surface area contributed by atoms with Crippen molar-refractivity contribution in [3.8, 4) is 5.75 Å². The molecule has 0 bridgehead atoms. The summed E-state index contributed by atoms with van der Waals surface area (Å²) in [6, 6.07) is 7.61. The van der Waals surface area contributed by atoms with E-state index < -0.39 is 10.0 Å². The van der Waals surface area contributed by atoms with Crippen molar-refractivity contribution < 1.29 is 17.9 Å². The molecule has 1 amide bonds. The van der Waals surface area contributed by atoms with Gasteiger partial charge in [0.05, 0.1) is 18.6 Å². The molecule has 0 N–H and O–H groups in total. The van der Waals surface area contributed by atoms with Crippen LogP contribution in [0.5, 0.6) is 5.75 Å². The molecule has 0 spiro atoms. The molecule has 0 aliphatic carbocycles. The van der Waals surface area contributed by atoms with Gasteiger partial charge in [-0.05, 0) is 56.5 Å². The molecule has 0 atom stereocenters. The number of carbonyl (C=O) groups is 1. The predicted octanol–water partition coefficient (Wildman–Crippen LogP) is 2.66. The van der Waals surface area contributed by atoms with Gasteiger partial charge in [-0.3, -0.25) is 9.69 Å². The lowest BCUT2D eigenvalue weighted by molar-refractivity contribution is -0.120. The Labute approximate surface area is 188 Å². The first kappa shape index (κ1) is 22.3. The van der Waals surface area contributed by atoms with Gasteiger partial charge in [-0.1, -0.05) is 0 Å². The van der Waals surface area contributed by atoms with Gasteiger partial charge in [0.2, 0.25) is 15.9 Å². The summed E-state index contributed by atoms with van der Waals surface area (Å²) in [7, 11) is -1.83. The normalized spacial score (nSPS) is 18.1. The number of thiophene rings is 1. The molecule has 3 heterocycles. The van der Waals surface area contributed by atoms with Gasteiger partial charge in [0, 0.05) is 48.2 Å². The summed E-state index contributed by atoms with van der Waals surface area (Å²) in [6.45, 7) is 6.70. The molecule has 2 aliphatic rings. The predicted molar refractivity (Wildman–Crippen MR) is 123 cm³/mol. The summed E-state index contributed by atoms with van der Waals surface area (Å²) in [5.74, 6) is 0.869. The molecule has 2 aliphatic heterocycles. The second-order valence-corrected chi connectivity index (χ2v) is 11.5. The van der Waals surface area contributed by atoms with Crippen molar-refractivity contribution in [2.45, 2.75) is 31.6 Å². The molecule has 1 aromatic carbocycles. The number of amides is 1. The van der Waals surface area contributed by atoms with Gasteiger partial charge >= 0.3 is 0 Å². The molecular weight excluding hydrogens is 434 g/mol. The third-order valence-electron chi connectivity index (χ3n) is 6.01. The van der Waals surface area contributed by atoms with Gasteiger partial charge in [0.15, 0.2) is 0 Å². The molecule has 7 nitrogen and oxygen atoms in total. The monoisotopic (exact) mass is 463 g/mol. The Morgan fingerprint density at radius 2 is 1.84 bits per heavy atom. The van der Waals surface area contributed by atoms with Crippen molar-refractivity contribution in [3.63, 3.8) is 0 Å². The number of sulfonamides is 1. The first-order valence-corrected chi connectivity index (χ1v) is 12.8. The molecule has 168 valence electrons. The molecule has 1 saturated heterocycles. The number of hydrogen-bond acceptors (Lipinski definition) is 6.